The van der Waals surface area contributed by atoms with Gasteiger partial charge in [-0.2, -0.15) is 0 Å². The van der Waals surface area contributed by atoms with Gasteiger partial charge in [-0.3, -0.25) is 0 Å². The lowest BCUT2D eigenvalue weighted by Crippen LogP contribution is -2.31. The maximum Gasteiger partial charge on any atom is 0.123 e. The van der Waals surface area contributed by atoms with Gasteiger partial charge >= 0.3 is 0 Å². The van der Waals surface area contributed by atoms with Crippen LogP contribution in [0.2, 0.25) is 0 Å². The first-order valence-corrected chi connectivity index (χ1v) is 8.27. The molecule has 0 fully saturated rings. The van der Waals surface area contributed by atoms with Crippen LogP contribution in [0.1, 0.15) is 70.5 Å². The minimum absolute atomic E-state index is 0.310. The molecule has 0 spiro atoms. The lowest BCUT2D eigenvalue weighted by atomic mass is 9.86. The monoisotopic (exact) mass is 291 g/mol. The standard InChI is InChI=1S/C19H33NO/c1-7-8-9-12-19(4,5)14-20-16(3)17-13-15(2)10-11-18(17)21-6/h10-11,13,16,20H,7-9,12,14H2,1-6H3. The van der Waals surface area contributed by atoms with Gasteiger partial charge in [0, 0.05) is 18.2 Å². The van der Waals surface area contributed by atoms with Crippen molar-refractivity contribution in [2.75, 3.05) is 13.7 Å². The van der Waals surface area contributed by atoms with Crippen LogP contribution in [0.15, 0.2) is 18.2 Å². The normalized spacial score (nSPS) is 13.2. The zero-order valence-corrected chi connectivity index (χ0v) is 14.8. The van der Waals surface area contributed by atoms with E-state index in [9.17, 15) is 0 Å². The van der Waals surface area contributed by atoms with Gasteiger partial charge in [-0.05, 0) is 31.7 Å². The summed E-state index contributed by atoms with van der Waals surface area (Å²) in [5.41, 5.74) is 2.88. The summed E-state index contributed by atoms with van der Waals surface area (Å²) in [5.74, 6) is 0.976. The summed E-state index contributed by atoms with van der Waals surface area (Å²) >= 11 is 0. The van der Waals surface area contributed by atoms with Gasteiger partial charge in [-0.15, -0.1) is 0 Å². The number of aryl methyl sites for hydroxylation is 1. The second-order valence-corrected chi connectivity index (χ2v) is 6.97. The van der Waals surface area contributed by atoms with Gasteiger partial charge < -0.3 is 10.1 Å². The zero-order chi connectivity index (χ0) is 15.9. The largest absolute Gasteiger partial charge is 0.496 e. The number of methoxy groups -OCH3 is 1. The van der Waals surface area contributed by atoms with Crippen LogP contribution in [-0.4, -0.2) is 13.7 Å². The second-order valence-electron chi connectivity index (χ2n) is 6.97. The van der Waals surface area contributed by atoms with E-state index < -0.39 is 0 Å². The Hall–Kier alpha value is -1.02. The number of hydrogen-bond acceptors (Lipinski definition) is 2. The van der Waals surface area contributed by atoms with Crippen LogP contribution in [0.4, 0.5) is 0 Å². The molecule has 0 aliphatic rings. The molecule has 0 heterocycles. The number of hydrogen-bond donors (Lipinski definition) is 1. The van der Waals surface area contributed by atoms with Gasteiger partial charge in [-0.25, -0.2) is 0 Å². The number of unbranched alkanes of at least 4 members (excludes halogenated alkanes) is 2. The molecule has 1 aromatic rings. The van der Waals surface area contributed by atoms with Crippen molar-refractivity contribution in [3.8, 4) is 5.75 Å². The molecule has 0 saturated heterocycles. The lowest BCUT2D eigenvalue weighted by Gasteiger charge is -2.28. The lowest BCUT2D eigenvalue weighted by molar-refractivity contribution is 0.289. The average molecular weight is 291 g/mol. The van der Waals surface area contributed by atoms with Gasteiger partial charge in [0.05, 0.1) is 7.11 Å². The number of benzene rings is 1. The minimum Gasteiger partial charge on any atom is -0.496 e. The van der Waals surface area contributed by atoms with E-state index in [2.05, 4.69) is 58.1 Å². The Morgan fingerprint density at radius 2 is 1.95 bits per heavy atom. The Labute approximate surface area is 131 Å². The van der Waals surface area contributed by atoms with E-state index in [-0.39, 0.29) is 0 Å². The molecule has 21 heavy (non-hydrogen) atoms. The van der Waals surface area contributed by atoms with Gasteiger partial charge in [-0.1, -0.05) is 57.7 Å². The van der Waals surface area contributed by atoms with E-state index >= 15 is 0 Å². The Morgan fingerprint density at radius 1 is 1.24 bits per heavy atom. The fraction of sp³-hybridized carbons (Fsp3) is 0.684. The maximum atomic E-state index is 5.49. The van der Waals surface area contributed by atoms with Gasteiger partial charge in [0.15, 0.2) is 0 Å². The predicted octanol–water partition coefficient (Wildman–Crippen LogP) is 5.26. The summed E-state index contributed by atoms with van der Waals surface area (Å²) in [4.78, 5) is 0. The molecule has 0 bridgehead atoms. The highest BCUT2D eigenvalue weighted by Gasteiger charge is 2.19. The van der Waals surface area contributed by atoms with Crippen LogP contribution >= 0.6 is 0 Å². The average Bonchev–Trinajstić information content (AvgIpc) is 2.45. The quantitative estimate of drug-likeness (QED) is 0.626. The first kappa shape index (κ1) is 18.0. The van der Waals surface area contributed by atoms with Crippen LogP contribution in [0.3, 0.4) is 0 Å². The first-order chi connectivity index (χ1) is 9.89. The van der Waals surface area contributed by atoms with E-state index in [1.807, 2.05) is 0 Å². The summed E-state index contributed by atoms with van der Waals surface area (Å²) in [5, 5.41) is 3.69. The molecule has 0 amide bonds. The molecule has 0 aliphatic carbocycles. The number of ether oxygens (including phenoxy) is 1. The molecule has 1 aromatic carbocycles. The highest BCUT2D eigenvalue weighted by Crippen LogP contribution is 2.28. The minimum atomic E-state index is 0.310. The molecule has 1 atom stereocenters. The maximum absolute atomic E-state index is 5.49. The van der Waals surface area contributed by atoms with Gasteiger partial charge in [0.25, 0.3) is 0 Å². The van der Waals surface area contributed by atoms with Crippen LogP contribution in [-0.2, 0) is 0 Å². The van der Waals surface area contributed by atoms with Crippen LogP contribution in [0.5, 0.6) is 5.75 Å². The highest BCUT2D eigenvalue weighted by atomic mass is 16.5. The smallest absolute Gasteiger partial charge is 0.123 e. The second kappa shape index (κ2) is 8.43. The highest BCUT2D eigenvalue weighted by molar-refractivity contribution is 5.38. The van der Waals surface area contributed by atoms with Gasteiger partial charge in [0.2, 0.25) is 0 Å². The molecule has 1 N–H and O–H groups in total. The van der Waals surface area contributed by atoms with Crippen molar-refractivity contribution in [3.63, 3.8) is 0 Å². The molecule has 0 radical (unpaired) electrons. The summed E-state index contributed by atoms with van der Waals surface area (Å²) < 4.78 is 5.49. The summed E-state index contributed by atoms with van der Waals surface area (Å²) in [7, 11) is 1.75. The van der Waals surface area contributed by atoms with E-state index in [1.165, 1.54) is 36.8 Å². The Morgan fingerprint density at radius 3 is 2.57 bits per heavy atom. The number of rotatable bonds is 9. The van der Waals surface area contributed by atoms with Crippen molar-refractivity contribution in [1.82, 2.24) is 5.32 Å². The SMILES string of the molecule is CCCCCC(C)(C)CNC(C)c1cc(C)ccc1OC. The van der Waals surface area contributed by atoms with Crippen molar-refractivity contribution >= 4 is 0 Å². The fourth-order valence-corrected chi connectivity index (χ4v) is 2.67. The van der Waals surface area contributed by atoms with Crippen molar-refractivity contribution in [3.05, 3.63) is 29.3 Å². The fourth-order valence-electron chi connectivity index (χ4n) is 2.67. The van der Waals surface area contributed by atoms with Crippen molar-refractivity contribution in [2.24, 2.45) is 5.41 Å². The molecular weight excluding hydrogens is 258 g/mol. The molecule has 0 aliphatic heterocycles. The van der Waals surface area contributed by atoms with Crippen molar-refractivity contribution < 1.29 is 4.74 Å². The van der Waals surface area contributed by atoms with Crippen LogP contribution in [0, 0.1) is 12.3 Å². The third kappa shape index (κ3) is 6.09. The molecule has 2 nitrogen and oxygen atoms in total. The Kier molecular flexibility index (Phi) is 7.24. The van der Waals surface area contributed by atoms with Crippen LogP contribution < -0.4 is 10.1 Å². The van der Waals surface area contributed by atoms with Gasteiger partial charge in [0.1, 0.15) is 5.75 Å². The molecular formula is C19H33NO. The Bertz CT molecular complexity index is 426. The summed E-state index contributed by atoms with van der Waals surface area (Å²) in [6.45, 7) is 12.4. The summed E-state index contributed by atoms with van der Waals surface area (Å²) in [6.07, 6.45) is 5.24. The molecule has 1 unspecified atom stereocenters. The summed E-state index contributed by atoms with van der Waals surface area (Å²) in [6, 6.07) is 6.70. The molecule has 2 heteroatoms. The topological polar surface area (TPSA) is 21.3 Å². The van der Waals surface area contributed by atoms with Crippen molar-refractivity contribution in [1.29, 1.82) is 0 Å². The predicted molar refractivity (Wildman–Crippen MR) is 92.1 cm³/mol. The zero-order valence-electron chi connectivity index (χ0n) is 14.8. The number of nitrogens with one attached hydrogen (secondary N) is 1. The third-order valence-electron chi connectivity index (χ3n) is 4.20. The van der Waals surface area contributed by atoms with E-state index in [0.29, 0.717) is 11.5 Å². The van der Waals surface area contributed by atoms with E-state index in [1.54, 1.807) is 7.11 Å². The molecule has 1 rings (SSSR count). The van der Waals surface area contributed by atoms with E-state index in [4.69, 9.17) is 4.74 Å². The third-order valence-corrected chi connectivity index (χ3v) is 4.20. The molecule has 120 valence electrons. The van der Waals surface area contributed by atoms with Crippen LogP contribution in [0.25, 0.3) is 0 Å². The molecule has 0 saturated carbocycles. The first-order valence-electron chi connectivity index (χ1n) is 8.27. The van der Waals surface area contributed by atoms with Crippen molar-refractivity contribution in [2.45, 2.75) is 66.3 Å². The van der Waals surface area contributed by atoms with E-state index in [0.717, 1.165) is 12.3 Å². The Balaban J connectivity index is 2.60. The molecule has 0 aromatic heterocycles.